The van der Waals surface area contributed by atoms with Gasteiger partial charge >= 0.3 is 0 Å². The summed E-state index contributed by atoms with van der Waals surface area (Å²) < 4.78 is 0. The summed E-state index contributed by atoms with van der Waals surface area (Å²) in [7, 11) is 2.13. The number of likely N-dealkylation sites (N-methyl/N-ethyl adjacent to an activating group) is 2. The normalized spacial score (nSPS) is 36.2. The minimum Gasteiger partial charge on any atom is -0.315 e. The van der Waals surface area contributed by atoms with Gasteiger partial charge in [-0.3, -0.25) is 4.90 Å². The first-order chi connectivity index (χ1) is 8.04. The number of rotatable bonds is 5. The second-order valence-electron chi connectivity index (χ2n) is 6.03. The lowest BCUT2D eigenvalue weighted by atomic mass is 9.75. The molecule has 0 heterocycles. The molecular formula is C15H32N2. The smallest absolute Gasteiger partial charge is 0.0277 e. The number of nitrogens with zero attached hydrogens (tertiary/aromatic N) is 1. The van der Waals surface area contributed by atoms with Crippen molar-refractivity contribution in [1.29, 1.82) is 0 Å². The molecule has 1 saturated carbocycles. The summed E-state index contributed by atoms with van der Waals surface area (Å²) in [5.74, 6) is 1.68. The summed E-state index contributed by atoms with van der Waals surface area (Å²) in [6.07, 6.45) is 3.97. The topological polar surface area (TPSA) is 15.3 Å². The molecule has 2 nitrogen and oxygen atoms in total. The van der Waals surface area contributed by atoms with Crippen LogP contribution in [0.5, 0.6) is 0 Å². The molecule has 5 atom stereocenters. The highest BCUT2D eigenvalue weighted by Crippen LogP contribution is 2.33. The van der Waals surface area contributed by atoms with Crippen LogP contribution in [-0.4, -0.2) is 36.6 Å². The third kappa shape index (κ3) is 3.45. The van der Waals surface area contributed by atoms with Gasteiger partial charge < -0.3 is 5.32 Å². The van der Waals surface area contributed by atoms with E-state index < -0.39 is 0 Å². The molecule has 0 amide bonds. The van der Waals surface area contributed by atoms with E-state index in [4.69, 9.17) is 0 Å². The van der Waals surface area contributed by atoms with Crippen LogP contribution in [0.1, 0.15) is 53.9 Å². The van der Waals surface area contributed by atoms with Crippen LogP contribution in [0.25, 0.3) is 0 Å². The van der Waals surface area contributed by atoms with Crippen LogP contribution < -0.4 is 5.32 Å². The highest BCUT2D eigenvalue weighted by Gasteiger charge is 2.37. The summed E-state index contributed by atoms with van der Waals surface area (Å²) in [6.45, 7) is 13.0. The first-order valence-corrected chi connectivity index (χ1v) is 7.48. The molecule has 0 aromatic heterocycles. The third-order valence-electron chi connectivity index (χ3n) is 4.70. The van der Waals surface area contributed by atoms with Crippen LogP contribution in [0.15, 0.2) is 0 Å². The minimum absolute atomic E-state index is 0.669. The zero-order chi connectivity index (χ0) is 13.0. The van der Waals surface area contributed by atoms with Gasteiger partial charge in [0.1, 0.15) is 0 Å². The first kappa shape index (κ1) is 15.0. The number of nitrogens with one attached hydrogen (secondary N) is 1. The molecule has 0 aromatic carbocycles. The van der Waals surface area contributed by atoms with Crippen molar-refractivity contribution >= 4 is 0 Å². The van der Waals surface area contributed by atoms with E-state index in [0.717, 1.165) is 17.9 Å². The van der Waals surface area contributed by atoms with Gasteiger partial charge in [0.15, 0.2) is 0 Å². The predicted molar refractivity (Wildman–Crippen MR) is 76.3 cm³/mol. The molecule has 0 radical (unpaired) electrons. The molecule has 102 valence electrons. The summed E-state index contributed by atoms with van der Waals surface area (Å²) in [6, 6.07) is 2.09. The Morgan fingerprint density at radius 1 is 1.24 bits per heavy atom. The molecular weight excluding hydrogens is 208 g/mol. The van der Waals surface area contributed by atoms with Gasteiger partial charge in [0.05, 0.1) is 0 Å². The average molecular weight is 240 g/mol. The lowest BCUT2D eigenvalue weighted by Gasteiger charge is -2.47. The van der Waals surface area contributed by atoms with Crippen molar-refractivity contribution in [2.24, 2.45) is 11.8 Å². The Morgan fingerprint density at radius 2 is 1.88 bits per heavy atom. The van der Waals surface area contributed by atoms with Crippen LogP contribution in [-0.2, 0) is 0 Å². The zero-order valence-corrected chi connectivity index (χ0v) is 12.7. The molecule has 0 bridgehead atoms. The Labute approximate surface area is 108 Å². The predicted octanol–water partition coefficient (Wildman–Crippen LogP) is 3.13. The molecule has 5 unspecified atom stereocenters. The van der Waals surface area contributed by atoms with E-state index >= 15 is 0 Å². The van der Waals surface area contributed by atoms with Gasteiger partial charge in [-0.05, 0) is 51.6 Å². The minimum atomic E-state index is 0.669. The summed E-state index contributed by atoms with van der Waals surface area (Å²) >= 11 is 0. The highest BCUT2D eigenvalue weighted by atomic mass is 15.2. The third-order valence-corrected chi connectivity index (χ3v) is 4.70. The van der Waals surface area contributed by atoms with Crippen molar-refractivity contribution in [3.8, 4) is 0 Å². The Balaban J connectivity index is 2.82. The van der Waals surface area contributed by atoms with E-state index in [-0.39, 0.29) is 0 Å². The molecule has 17 heavy (non-hydrogen) atoms. The molecule has 2 heteroatoms. The average Bonchev–Trinajstić information content (AvgIpc) is 2.31. The molecule has 1 rings (SSSR count). The Kier molecular flexibility index (Phi) is 5.94. The van der Waals surface area contributed by atoms with Crippen molar-refractivity contribution in [1.82, 2.24) is 10.2 Å². The molecule has 0 aliphatic heterocycles. The number of hydrogen-bond donors (Lipinski definition) is 1. The fourth-order valence-corrected chi connectivity index (χ4v) is 3.74. The van der Waals surface area contributed by atoms with Gasteiger partial charge in [0, 0.05) is 18.1 Å². The van der Waals surface area contributed by atoms with E-state index in [1.165, 1.54) is 25.8 Å². The first-order valence-electron chi connectivity index (χ1n) is 7.48. The fourth-order valence-electron chi connectivity index (χ4n) is 3.74. The molecule has 0 spiro atoms. The molecule has 1 fully saturated rings. The monoisotopic (exact) mass is 240 g/mol. The van der Waals surface area contributed by atoms with Crippen molar-refractivity contribution in [3.05, 3.63) is 0 Å². The molecule has 1 aliphatic rings. The largest absolute Gasteiger partial charge is 0.315 e. The SMILES string of the molecule is CCC(C)N(CC)C1C(C)CC(C)CC1NC. The van der Waals surface area contributed by atoms with Crippen LogP contribution >= 0.6 is 0 Å². The van der Waals surface area contributed by atoms with E-state index in [2.05, 4.69) is 51.9 Å². The van der Waals surface area contributed by atoms with E-state index in [0.29, 0.717) is 12.1 Å². The van der Waals surface area contributed by atoms with Gasteiger partial charge in [-0.2, -0.15) is 0 Å². The number of hydrogen-bond acceptors (Lipinski definition) is 2. The fraction of sp³-hybridized carbons (Fsp3) is 1.00. The van der Waals surface area contributed by atoms with Crippen LogP contribution in [0.2, 0.25) is 0 Å². The van der Waals surface area contributed by atoms with E-state index in [1.54, 1.807) is 0 Å². The molecule has 1 N–H and O–H groups in total. The quantitative estimate of drug-likeness (QED) is 0.794. The Bertz CT molecular complexity index is 217. The van der Waals surface area contributed by atoms with Crippen molar-refractivity contribution in [2.45, 2.75) is 72.0 Å². The van der Waals surface area contributed by atoms with Crippen LogP contribution in [0.4, 0.5) is 0 Å². The standard InChI is InChI=1S/C15H32N2/c1-7-13(5)17(8-2)15-12(4)9-11(3)10-14(15)16-6/h11-16H,7-10H2,1-6H3. The lowest BCUT2D eigenvalue weighted by molar-refractivity contribution is 0.0399. The maximum Gasteiger partial charge on any atom is 0.0277 e. The Morgan fingerprint density at radius 3 is 2.35 bits per heavy atom. The summed E-state index contributed by atoms with van der Waals surface area (Å²) in [5, 5.41) is 3.57. The van der Waals surface area contributed by atoms with E-state index in [9.17, 15) is 0 Å². The second-order valence-corrected chi connectivity index (χ2v) is 6.03. The van der Waals surface area contributed by atoms with Crippen molar-refractivity contribution in [3.63, 3.8) is 0 Å². The molecule has 1 aliphatic carbocycles. The van der Waals surface area contributed by atoms with Crippen LogP contribution in [0.3, 0.4) is 0 Å². The van der Waals surface area contributed by atoms with Gasteiger partial charge in [0.25, 0.3) is 0 Å². The second kappa shape index (κ2) is 6.75. The highest BCUT2D eigenvalue weighted by molar-refractivity contribution is 4.94. The summed E-state index contributed by atoms with van der Waals surface area (Å²) in [5.41, 5.74) is 0. The van der Waals surface area contributed by atoms with E-state index in [1.807, 2.05) is 0 Å². The van der Waals surface area contributed by atoms with Gasteiger partial charge in [-0.15, -0.1) is 0 Å². The van der Waals surface area contributed by atoms with Crippen molar-refractivity contribution < 1.29 is 0 Å². The maximum absolute atomic E-state index is 3.57. The van der Waals surface area contributed by atoms with Crippen LogP contribution in [0, 0.1) is 11.8 Å². The van der Waals surface area contributed by atoms with Gasteiger partial charge in [-0.1, -0.05) is 27.7 Å². The van der Waals surface area contributed by atoms with Gasteiger partial charge in [0.2, 0.25) is 0 Å². The zero-order valence-electron chi connectivity index (χ0n) is 12.7. The molecule has 0 saturated heterocycles. The molecule has 0 aromatic rings. The van der Waals surface area contributed by atoms with Crippen molar-refractivity contribution in [2.75, 3.05) is 13.6 Å². The summed E-state index contributed by atoms with van der Waals surface area (Å²) in [4.78, 5) is 2.72. The lowest BCUT2D eigenvalue weighted by Crippen LogP contribution is -2.58. The Hall–Kier alpha value is -0.0800. The van der Waals surface area contributed by atoms with Gasteiger partial charge in [-0.25, -0.2) is 0 Å². The maximum atomic E-state index is 3.57.